The molecule has 2 aromatic carbocycles. The van der Waals surface area contributed by atoms with Gasteiger partial charge < -0.3 is 5.11 Å². The second-order valence-electron chi connectivity index (χ2n) is 5.31. The summed E-state index contributed by atoms with van der Waals surface area (Å²) >= 11 is 0. The van der Waals surface area contributed by atoms with E-state index in [1.54, 1.807) is 23.0 Å². The van der Waals surface area contributed by atoms with Gasteiger partial charge in [-0.3, -0.25) is 4.68 Å². The van der Waals surface area contributed by atoms with Crippen LogP contribution in [0.4, 0.5) is 0 Å². The monoisotopic (exact) mass is 292 g/mol. The van der Waals surface area contributed by atoms with Crippen LogP contribution in [0.5, 0.6) is 0 Å². The second kappa shape index (κ2) is 5.48. The number of aromatic nitrogens is 2. The van der Waals surface area contributed by atoms with Crippen molar-refractivity contribution in [2.45, 2.75) is 6.92 Å². The number of rotatable bonds is 3. The quantitative estimate of drug-likeness (QED) is 0.799. The number of hydrogen-bond donors (Lipinski definition) is 1. The molecule has 0 bridgehead atoms. The molecule has 0 amide bonds. The topological polar surface area (TPSA) is 55.1 Å². The molecule has 22 heavy (non-hydrogen) atoms. The first-order chi connectivity index (χ1) is 10.5. The first-order valence-corrected chi connectivity index (χ1v) is 6.98. The van der Waals surface area contributed by atoms with E-state index in [-0.39, 0.29) is 5.56 Å². The number of carboxylic acid groups (broad SMARTS) is 1. The molecule has 1 aromatic heterocycles. The number of carboxylic acids is 1. The summed E-state index contributed by atoms with van der Waals surface area (Å²) in [4.78, 5) is 11.4. The van der Waals surface area contributed by atoms with Gasteiger partial charge in [0.1, 0.15) is 0 Å². The van der Waals surface area contributed by atoms with Crippen LogP contribution >= 0.6 is 0 Å². The molecule has 110 valence electrons. The van der Waals surface area contributed by atoms with Gasteiger partial charge in [0, 0.05) is 18.8 Å². The number of nitrogens with zero attached hydrogens (tertiary/aromatic N) is 2. The van der Waals surface area contributed by atoms with Crippen molar-refractivity contribution >= 4 is 5.97 Å². The summed E-state index contributed by atoms with van der Waals surface area (Å²) < 4.78 is 1.74. The standard InChI is InChI=1S/C18H16N2O2/c1-12-3-5-13(6-4-12)14-9-15(11-16(10-14)18(21)22)17-7-8-19-20(17)2/h3-11H,1-2H3,(H,21,22). The van der Waals surface area contributed by atoms with Gasteiger partial charge in [-0.15, -0.1) is 0 Å². The van der Waals surface area contributed by atoms with E-state index in [0.717, 1.165) is 22.4 Å². The minimum absolute atomic E-state index is 0.272. The lowest BCUT2D eigenvalue weighted by Gasteiger charge is -2.09. The minimum Gasteiger partial charge on any atom is -0.478 e. The maximum Gasteiger partial charge on any atom is 0.335 e. The molecule has 3 aromatic rings. The molecule has 0 radical (unpaired) electrons. The van der Waals surface area contributed by atoms with E-state index in [9.17, 15) is 9.90 Å². The van der Waals surface area contributed by atoms with Gasteiger partial charge >= 0.3 is 5.97 Å². The fourth-order valence-corrected chi connectivity index (χ4v) is 2.47. The van der Waals surface area contributed by atoms with Crippen LogP contribution in [0.1, 0.15) is 15.9 Å². The van der Waals surface area contributed by atoms with Crippen LogP contribution in [0.25, 0.3) is 22.4 Å². The van der Waals surface area contributed by atoms with Crippen LogP contribution < -0.4 is 0 Å². The number of aromatic carboxylic acids is 1. The molecule has 1 N–H and O–H groups in total. The van der Waals surface area contributed by atoms with Crippen molar-refractivity contribution in [1.29, 1.82) is 0 Å². The largest absolute Gasteiger partial charge is 0.478 e. The maximum atomic E-state index is 11.4. The molecule has 0 saturated carbocycles. The summed E-state index contributed by atoms with van der Waals surface area (Å²) in [6.07, 6.45) is 1.70. The van der Waals surface area contributed by atoms with E-state index >= 15 is 0 Å². The van der Waals surface area contributed by atoms with Gasteiger partial charge in [0.2, 0.25) is 0 Å². The van der Waals surface area contributed by atoms with Crippen molar-refractivity contribution in [1.82, 2.24) is 9.78 Å². The zero-order chi connectivity index (χ0) is 15.7. The summed E-state index contributed by atoms with van der Waals surface area (Å²) in [7, 11) is 1.84. The molecule has 0 spiro atoms. The normalized spacial score (nSPS) is 10.6. The van der Waals surface area contributed by atoms with Crippen molar-refractivity contribution in [2.75, 3.05) is 0 Å². The number of benzene rings is 2. The summed E-state index contributed by atoms with van der Waals surface area (Å²) in [5.74, 6) is -0.933. The van der Waals surface area contributed by atoms with E-state index < -0.39 is 5.97 Å². The summed E-state index contributed by atoms with van der Waals surface area (Å²) in [5.41, 5.74) is 5.06. The van der Waals surface area contributed by atoms with Gasteiger partial charge in [0.25, 0.3) is 0 Å². The molecule has 0 atom stereocenters. The van der Waals surface area contributed by atoms with Gasteiger partial charge in [-0.25, -0.2) is 4.79 Å². The Labute approximate surface area is 128 Å². The number of hydrogen-bond acceptors (Lipinski definition) is 2. The SMILES string of the molecule is Cc1ccc(-c2cc(C(=O)O)cc(-c3ccnn3C)c2)cc1. The lowest BCUT2D eigenvalue weighted by Crippen LogP contribution is -1.99. The Balaban J connectivity index is 2.18. The minimum atomic E-state index is -0.933. The Morgan fingerprint density at radius 3 is 2.27 bits per heavy atom. The fourth-order valence-electron chi connectivity index (χ4n) is 2.47. The van der Waals surface area contributed by atoms with Crippen molar-refractivity contribution in [3.63, 3.8) is 0 Å². The molecular weight excluding hydrogens is 276 g/mol. The molecule has 3 rings (SSSR count). The molecule has 1 heterocycles. The lowest BCUT2D eigenvalue weighted by molar-refractivity contribution is 0.0697. The summed E-state index contributed by atoms with van der Waals surface area (Å²) in [5, 5.41) is 13.5. The second-order valence-corrected chi connectivity index (χ2v) is 5.31. The molecule has 4 heteroatoms. The van der Waals surface area contributed by atoms with E-state index in [0.29, 0.717) is 0 Å². The van der Waals surface area contributed by atoms with E-state index in [4.69, 9.17) is 0 Å². The van der Waals surface area contributed by atoms with E-state index in [1.807, 2.05) is 50.4 Å². The first kappa shape index (κ1) is 14.1. The number of aryl methyl sites for hydroxylation is 2. The Morgan fingerprint density at radius 1 is 1.00 bits per heavy atom. The van der Waals surface area contributed by atoms with Crippen LogP contribution in [0.15, 0.2) is 54.7 Å². The molecule has 0 aliphatic carbocycles. The van der Waals surface area contributed by atoms with Crippen LogP contribution in [0.2, 0.25) is 0 Å². The van der Waals surface area contributed by atoms with Gasteiger partial charge in [0.05, 0.1) is 11.3 Å². The zero-order valence-corrected chi connectivity index (χ0v) is 12.4. The zero-order valence-electron chi connectivity index (χ0n) is 12.4. The van der Waals surface area contributed by atoms with Gasteiger partial charge in [-0.05, 0) is 42.3 Å². The summed E-state index contributed by atoms with van der Waals surface area (Å²) in [6.45, 7) is 2.03. The van der Waals surface area contributed by atoms with Crippen LogP contribution in [-0.2, 0) is 7.05 Å². The molecule has 0 aliphatic heterocycles. The highest BCUT2D eigenvalue weighted by Crippen LogP contribution is 2.28. The van der Waals surface area contributed by atoms with E-state index in [2.05, 4.69) is 5.10 Å². The smallest absolute Gasteiger partial charge is 0.335 e. The van der Waals surface area contributed by atoms with Crippen molar-refractivity contribution in [3.05, 3.63) is 65.9 Å². The predicted octanol–water partition coefficient (Wildman–Crippen LogP) is 3.76. The average Bonchev–Trinajstić information content (AvgIpc) is 2.93. The van der Waals surface area contributed by atoms with Crippen LogP contribution in [0, 0.1) is 6.92 Å². The third kappa shape index (κ3) is 2.63. The lowest BCUT2D eigenvalue weighted by atomic mass is 9.98. The van der Waals surface area contributed by atoms with Gasteiger partial charge in [-0.2, -0.15) is 5.10 Å². The Kier molecular flexibility index (Phi) is 3.51. The van der Waals surface area contributed by atoms with Crippen LogP contribution in [-0.4, -0.2) is 20.9 Å². The molecule has 0 unspecified atom stereocenters. The van der Waals surface area contributed by atoms with Gasteiger partial charge in [0.15, 0.2) is 0 Å². The fraction of sp³-hybridized carbons (Fsp3) is 0.111. The molecular formula is C18H16N2O2. The number of carbonyl (C=O) groups is 1. The highest BCUT2D eigenvalue weighted by Gasteiger charge is 2.11. The molecule has 0 aliphatic rings. The average molecular weight is 292 g/mol. The van der Waals surface area contributed by atoms with Crippen molar-refractivity contribution < 1.29 is 9.90 Å². The molecule has 0 fully saturated rings. The first-order valence-electron chi connectivity index (χ1n) is 6.98. The van der Waals surface area contributed by atoms with E-state index in [1.165, 1.54) is 5.56 Å². The third-order valence-corrected chi connectivity index (χ3v) is 3.68. The maximum absolute atomic E-state index is 11.4. The summed E-state index contributed by atoms with van der Waals surface area (Å²) in [6, 6.07) is 15.3. The Morgan fingerprint density at radius 2 is 1.68 bits per heavy atom. The van der Waals surface area contributed by atoms with Crippen LogP contribution in [0.3, 0.4) is 0 Å². The third-order valence-electron chi connectivity index (χ3n) is 3.68. The predicted molar refractivity (Wildman–Crippen MR) is 85.8 cm³/mol. The highest BCUT2D eigenvalue weighted by atomic mass is 16.4. The molecule has 0 saturated heterocycles. The Hall–Kier alpha value is -2.88. The van der Waals surface area contributed by atoms with Crippen molar-refractivity contribution in [3.8, 4) is 22.4 Å². The molecule has 4 nitrogen and oxygen atoms in total. The Bertz CT molecular complexity index is 833. The highest BCUT2D eigenvalue weighted by molar-refractivity contribution is 5.91. The van der Waals surface area contributed by atoms with Crippen molar-refractivity contribution in [2.24, 2.45) is 7.05 Å². The van der Waals surface area contributed by atoms with Gasteiger partial charge in [-0.1, -0.05) is 29.8 Å².